The maximum absolute atomic E-state index is 12.6. The van der Waals surface area contributed by atoms with Crippen LogP contribution in [0.2, 0.25) is 0 Å². The van der Waals surface area contributed by atoms with Crippen molar-refractivity contribution in [3.63, 3.8) is 0 Å². The number of carbonyl (C=O) groups excluding carboxylic acids is 1. The van der Waals surface area contributed by atoms with Crippen LogP contribution in [0.25, 0.3) is 0 Å². The van der Waals surface area contributed by atoms with E-state index in [2.05, 4.69) is 10.3 Å². The monoisotopic (exact) mass is 326 g/mol. The molecular formula is C17H18N4O3. The van der Waals surface area contributed by atoms with Gasteiger partial charge in [0.1, 0.15) is 6.20 Å². The van der Waals surface area contributed by atoms with Crippen molar-refractivity contribution in [2.45, 2.75) is 32.2 Å². The molecule has 1 aromatic carbocycles. The zero-order valence-corrected chi connectivity index (χ0v) is 13.3. The number of nitrogens with two attached hydrogens (primary N) is 1. The Morgan fingerprint density at radius 2 is 2.21 bits per heavy atom. The third-order valence-electron chi connectivity index (χ3n) is 4.31. The molecule has 0 bridgehead atoms. The molecule has 3 rings (SSSR count). The van der Waals surface area contributed by atoms with Gasteiger partial charge in [0, 0.05) is 11.8 Å². The number of benzene rings is 1. The number of nitrogens with one attached hydrogen (secondary N) is 1. The van der Waals surface area contributed by atoms with Gasteiger partial charge in [-0.1, -0.05) is 6.07 Å². The van der Waals surface area contributed by atoms with Crippen molar-refractivity contribution in [1.29, 1.82) is 0 Å². The number of nitrogens with zero attached hydrogens (tertiary/aromatic N) is 2. The van der Waals surface area contributed by atoms with Crippen LogP contribution in [0.1, 0.15) is 46.1 Å². The molecule has 0 saturated heterocycles. The number of anilines is 1. The molecule has 3 N–H and O–H groups in total. The minimum atomic E-state index is -0.554. The molecular weight excluding hydrogens is 308 g/mol. The summed E-state index contributed by atoms with van der Waals surface area (Å²) in [5, 5.41) is 13.9. The molecule has 1 aromatic heterocycles. The van der Waals surface area contributed by atoms with E-state index in [0.29, 0.717) is 11.4 Å². The summed E-state index contributed by atoms with van der Waals surface area (Å²) in [5.41, 5.74) is 9.23. The lowest BCUT2D eigenvalue weighted by Gasteiger charge is -2.26. The first-order valence-corrected chi connectivity index (χ1v) is 7.76. The van der Waals surface area contributed by atoms with Crippen molar-refractivity contribution >= 4 is 17.3 Å². The molecule has 2 aromatic rings. The molecule has 0 aliphatic heterocycles. The van der Waals surface area contributed by atoms with Gasteiger partial charge < -0.3 is 11.1 Å². The summed E-state index contributed by atoms with van der Waals surface area (Å²) in [6, 6.07) is 6.84. The van der Waals surface area contributed by atoms with Gasteiger partial charge in [-0.25, -0.2) is 0 Å². The smallest absolute Gasteiger partial charge is 0.288 e. The van der Waals surface area contributed by atoms with E-state index < -0.39 is 4.92 Å². The maximum atomic E-state index is 12.6. The molecule has 7 nitrogen and oxygen atoms in total. The Morgan fingerprint density at radius 1 is 1.42 bits per heavy atom. The highest BCUT2D eigenvalue weighted by Crippen LogP contribution is 2.31. The minimum Gasteiger partial charge on any atom is -0.399 e. The second-order valence-electron chi connectivity index (χ2n) is 5.96. The Balaban J connectivity index is 1.86. The average Bonchev–Trinajstić information content (AvgIpc) is 2.54. The number of hydrogen-bond donors (Lipinski definition) is 2. The Bertz CT molecular complexity index is 819. The fourth-order valence-corrected chi connectivity index (χ4v) is 3.07. The van der Waals surface area contributed by atoms with E-state index in [-0.39, 0.29) is 23.2 Å². The summed E-state index contributed by atoms with van der Waals surface area (Å²) in [7, 11) is 0. The van der Waals surface area contributed by atoms with Crippen LogP contribution in [-0.4, -0.2) is 15.8 Å². The third-order valence-corrected chi connectivity index (χ3v) is 4.31. The van der Waals surface area contributed by atoms with Crippen molar-refractivity contribution in [2.24, 2.45) is 0 Å². The SMILES string of the molecule is Cc1ncc([N+](=O)[O-])cc1C(=O)NC1CCCc2cc(N)ccc21. The molecule has 1 unspecified atom stereocenters. The molecule has 1 atom stereocenters. The predicted molar refractivity (Wildman–Crippen MR) is 89.6 cm³/mol. The summed E-state index contributed by atoms with van der Waals surface area (Å²) in [5.74, 6) is -0.349. The zero-order chi connectivity index (χ0) is 17.3. The van der Waals surface area contributed by atoms with Crippen LogP contribution in [0.3, 0.4) is 0 Å². The van der Waals surface area contributed by atoms with Crippen molar-refractivity contribution in [2.75, 3.05) is 5.73 Å². The van der Waals surface area contributed by atoms with E-state index in [1.165, 1.54) is 6.07 Å². The van der Waals surface area contributed by atoms with Crippen LogP contribution in [0.5, 0.6) is 0 Å². The summed E-state index contributed by atoms with van der Waals surface area (Å²) >= 11 is 0. The van der Waals surface area contributed by atoms with Gasteiger partial charge >= 0.3 is 0 Å². The molecule has 1 aliphatic carbocycles. The fourth-order valence-electron chi connectivity index (χ4n) is 3.07. The minimum absolute atomic E-state index is 0.125. The van der Waals surface area contributed by atoms with E-state index in [1.54, 1.807) is 6.92 Å². The second-order valence-corrected chi connectivity index (χ2v) is 5.96. The number of carbonyl (C=O) groups is 1. The normalized spacial score (nSPS) is 16.3. The van der Waals surface area contributed by atoms with Crippen LogP contribution in [0.4, 0.5) is 11.4 Å². The lowest BCUT2D eigenvalue weighted by atomic mass is 9.87. The molecule has 0 spiro atoms. The van der Waals surface area contributed by atoms with Crippen molar-refractivity contribution in [3.05, 3.63) is 63.0 Å². The Morgan fingerprint density at radius 3 is 2.96 bits per heavy atom. The van der Waals surface area contributed by atoms with E-state index in [9.17, 15) is 14.9 Å². The number of hydrogen-bond acceptors (Lipinski definition) is 5. The van der Waals surface area contributed by atoms with Gasteiger partial charge in [-0.2, -0.15) is 0 Å². The summed E-state index contributed by atoms with van der Waals surface area (Å²) in [6.45, 7) is 1.66. The van der Waals surface area contributed by atoms with Gasteiger partial charge in [-0.05, 0) is 49.4 Å². The highest BCUT2D eigenvalue weighted by molar-refractivity contribution is 5.96. The molecule has 1 amide bonds. The van der Waals surface area contributed by atoms with Gasteiger partial charge in [0.2, 0.25) is 0 Å². The number of fused-ring (bicyclic) bond motifs is 1. The number of aromatic nitrogens is 1. The predicted octanol–water partition coefficient (Wildman–Crippen LogP) is 2.69. The Hall–Kier alpha value is -2.96. The lowest BCUT2D eigenvalue weighted by Crippen LogP contribution is -2.31. The summed E-state index contributed by atoms with van der Waals surface area (Å²) in [6.07, 6.45) is 3.87. The first-order chi connectivity index (χ1) is 11.5. The number of nitro groups is 1. The zero-order valence-electron chi connectivity index (χ0n) is 13.3. The first kappa shape index (κ1) is 15.9. The quantitative estimate of drug-likeness (QED) is 0.512. The maximum Gasteiger partial charge on any atom is 0.288 e. The van der Waals surface area contributed by atoms with Crippen LogP contribution in [-0.2, 0) is 6.42 Å². The van der Waals surface area contributed by atoms with Crippen LogP contribution in [0, 0.1) is 17.0 Å². The van der Waals surface area contributed by atoms with Gasteiger partial charge in [0.25, 0.3) is 11.6 Å². The molecule has 124 valence electrons. The van der Waals surface area contributed by atoms with Gasteiger partial charge in [0.15, 0.2) is 0 Å². The molecule has 7 heteroatoms. The average molecular weight is 326 g/mol. The number of amides is 1. The second kappa shape index (κ2) is 6.27. The molecule has 24 heavy (non-hydrogen) atoms. The third kappa shape index (κ3) is 3.05. The molecule has 0 radical (unpaired) electrons. The van der Waals surface area contributed by atoms with Crippen molar-refractivity contribution < 1.29 is 9.72 Å². The van der Waals surface area contributed by atoms with Crippen molar-refractivity contribution in [1.82, 2.24) is 10.3 Å². The standard InChI is InChI=1S/C17H18N4O3/c1-10-15(8-13(9-19-10)21(23)24)17(22)20-16-4-2-3-11-7-12(18)5-6-14(11)16/h5-9,16H,2-4,18H2,1H3,(H,20,22). The highest BCUT2D eigenvalue weighted by Gasteiger charge is 2.24. The van der Waals surface area contributed by atoms with Crippen LogP contribution >= 0.6 is 0 Å². The molecule has 0 fully saturated rings. The van der Waals surface area contributed by atoms with Crippen LogP contribution in [0.15, 0.2) is 30.5 Å². The van der Waals surface area contributed by atoms with E-state index in [0.717, 1.165) is 36.6 Å². The Labute approximate surface area is 139 Å². The van der Waals surface area contributed by atoms with Gasteiger partial charge in [0.05, 0.1) is 22.2 Å². The van der Waals surface area contributed by atoms with Gasteiger partial charge in [-0.3, -0.25) is 19.9 Å². The number of pyridine rings is 1. The number of rotatable bonds is 3. The van der Waals surface area contributed by atoms with Crippen LogP contribution < -0.4 is 11.1 Å². The topological polar surface area (TPSA) is 111 Å². The molecule has 0 saturated carbocycles. The van der Waals surface area contributed by atoms with Gasteiger partial charge in [-0.15, -0.1) is 0 Å². The largest absolute Gasteiger partial charge is 0.399 e. The number of aryl methyl sites for hydroxylation is 2. The summed E-state index contributed by atoms with van der Waals surface area (Å²) in [4.78, 5) is 26.9. The van der Waals surface area contributed by atoms with E-state index >= 15 is 0 Å². The highest BCUT2D eigenvalue weighted by atomic mass is 16.6. The van der Waals surface area contributed by atoms with E-state index in [4.69, 9.17) is 5.73 Å². The molecule has 1 aliphatic rings. The lowest BCUT2D eigenvalue weighted by molar-refractivity contribution is -0.385. The first-order valence-electron chi connectivity index (χ1n) is 7.76. The molecule has 1 heterocycles. The summed E-state index contributed by atoms with van der Waals surface area (Å²) < 4.78 is 0. The van der Waals surface area contributed by atoms with Crippen molar-refractivity contribution in [3.8, 4) is 0 Å². The Kier molecular flexibility index (Phi) is 4.16. The fraction of sp³-hybridized carbons (Fsp3) is 0.294. The number of nitrogen functional groups attached to an aromatic ring is 1. The van der Waals surface area contributed by atoms with E-state index in [1.807, 2.05) is 18.2 Å².